The second kappa shape index (κ2) is 6.41. The fourth-order valence-corrected chi connectivity index (χ4v) is 2.23. The third-order valence-corrected chi connectivity index (χ3v) is 3.34. The van der Waals surface area contributed by atoms with Gasteiger partial charge in [0.2, 0.25) is 5.91 Å². The van der Waals surface area contributed by atoms with Crippen molar-refractivity contribution < 1.29 is 19.8 Å². The Balaban J connectivity index is 1.96. The van der Waals surface area contributed by atoms with Gasteiger partial charge in [-0.25, -0.2) is 4.79 Å². The molecule has 0 spiro atoms. The lowest BCUT2D eigenvalue weighted by atomic mass is 10.2. The number of aliphatic hydroxyl groups excluding tert-OH is 1. The summed E-state index contributed by atoms with van der Waals surface area (Å²) in [5.74, 6) is -1.49. The number of nitrogens with zero attached hydrogens (tertiary/aromatic N) is 1. The molecule has 0 saturated carbocycles. The van der Waals surface area contributed by atoms with Crippen LogP contribution < -0.4 is 5.32 Å². The lowest BCUT2D eigenvalue weighted by molar-refractivity contribution is -0.147. The number of nitrogens with one attached hydrogen (secondary N) is 1. The number of carboxylic acid groups (broad SMARTS) is 1. The number of aliphatic hydroxyl groups is 1. The Morgan fingerprint density at radius 3 is 2.76 bits per heavy atom. The summed E-state index contributed by atoms with van der Waals surface area (Å²) in [4.78, 5) is 22.4. The van der Waals surface area contributed by atoms with Gasteiger partial charge in [0.1, 0.15) is 6.54 Å². The first-order valence-corrected chi connectivity index (χ1v) is 6.71. The van der Waals surface area contributed by atoms with Gasteiger partial charge in [0.05, 0.1) is 0 Å². The van der Waals surface area contributed by atoms with Crippen LogP contribution in [0.5, 0.6) is 0 Å². The molecule has 0 aliphatic carbocycles. The first kappa shape index (κ1) is 15.1. The van der Waals surface area contributed by atoms with Crippen LogP contribution in [0.3, 0.4) is 0 Å². The topological polar surface area (TPSA) is 91.6 Å². The Hall–Kier alpha value is -2.34. The number of hydrogen-bond acceptors (Lipinski definition) is 3. The van der Waals surface area contributed by atoms with E-state index in [1.54, 1.807) is 0 Å². The Morgan fingerprint density at radius 2 is 2.05 bits per heavy atom. The molecule has 6 heteroatoms. The molecule has 2 rings (SSSR count). The molecule has 0 aliphatic rings. The number of aryl methyl sites for hydroxylation is 1. The number of aromatic nitrogens is 1. The molecule has 1 aromatic heterocycles. The highest BCUT2D eigenvalue weighted by atomic mass is 16.4. The summed E-state index contributed by atoms with van der Waals surface area (Å²) < 4.78 is 1.90. The minimum Gasteiger partial charge on any atom is -0.479 e. The predicted molar refractivity (Wildman–Crippen MR) is 77.9 cm³/mol. The molecule has 112 valence electrons. The van der Waals surface area contributed by atoms with E-state index in [0.29, 0.717) is 0 Å². The second-order valence-electron chi connectivity index (χ2n) is 4.92. The maximum Gasteiger partial charge on any atom is 0.332 e. The Morgan fingerprint density at radius 1 is 1.33 bits per heavy atom. The first-order chi connectivity index (χ1) is 9.99. The average molecular weight is 290 g/mol. The lowest BCUT2D eigenvalue weighted by Crippen LogP contribution is -2.32. The van der Waals surface area contributed by atoms with Crippen molar-refractivity contribution >= 4 is 22.8 Å². The number of carbonyl (C=O) groups excluding carboxylic acids is 1. The zero-order chi connectivity index (χ0) is 15.4. The number of carboxylic acids is 1. The number of benzene rings is 1. The van der Waals surface area contributed by atoms with Crippen molar-refractivity contribution in [3.8, 4) is 0 Å². The maximum atomic E-state index is 11.9. The van der Waals surface area contributed by atoms with Crippen LogP contribution in [0.4, 0.5) is 0 Å². The fourth-order valence-electron chi connectivity index (χ4n) is 2.23. The van der Waals surface area contributed by atoms with Gasteiger partial charge in [-0.1, -0.05) is 18.2 Å². The van der Waals surface area contributed by atoms with Gasteiger partial charge in [-0.3, -0.25) is 4.79 Å². The molecule has 6 nitrogen and oxygen atoms in total. The third kappa shape index (κ3) is 3.61. The molecule has 1 unspecified atom stereocenters. The Kier molecular flexibility index (Phi) is 4.59. The summed E-state index contributed by atoms with van der Waals surface area (Å²) >= 11 is 0. The molecule has 0 fully saturated rings. The maximum absolute atomic E-state index is 11.9. The minimum atomic E-state index is -1.44. The van der Waals surface area contributed by atoms with Crippen LogP contribution in [0, 0.1) is 6.92 Å². The molecule has 3 N–H and O–H groups in total. The summed E-state index contributed by atoms with van der Waals surface area (Å²) in [7, 11) is 0. The van der Waals surface area contributed by atoms with E-state index in [0.717, 1.165) is 16.6 Å². The zero-order valence-corrected chi connectivity index (χ0v) is 11.7. The number of amides is 1. The minimum absolute atomic E-state index is 0.00746. The molecule has 0 aliphatic heterocycles. The molecule has 1 atom stereocenters. The van der Waals surface area contributed by atoms with Crippen LogP contribution in [-0.4, -0.2) is 39.3 Å². The van der Waals surface area contributed by atoms with Crippen LogP contribution in [0.1, 0.15) is 12.1 Å². The molecule has 0 bridgehead atoms. The van der Waals surface area contributed by atoms with Crippen molar-refractivity contribution in [3.63, 3.8) is 0 Å². The molecule has 0 saturated heterocycles. The lowest BCUT2D eigenvalue weighted by Gasteiger charge is -2.10. The highest BCUT2D eigenvalue weighted by Gasteiger charge is 2.13. The van der Waals surface area contributed by atoms with Crippen molar-refractivity contribution in [2.75, 3.05) is 6.54 Å². The van der Waals surface area contributed by atoms with E-state index >= 15 is 0 Å². The molecular formula is C15H18N2O4. The molecule has 2 aromatic rings. The third-order valence-electron chi connectivity index (χ3n) is 3.34. The van der Waals surface area contributed by atoms with Gasteiger partial charge >= 0.3 is 5.97 Å². The molecule has 1 heterocycles. The highest BCUT2D eigenvalue weighted by Crippen LogP contribution is 2.18. The summed E-state index contributed by atoms with van der Waals surface area (Å²) in [6.45, 7) is 2.23. The van der Waals surface area contributed by atoms with Gasteiger partial charge in [-0.15, -0.1) is 0 Å². The smallest absolute Gasteiger partial charge is 0.332 e. The quantitative estimate of drug-likeness (QED) is 0.737. The Bertz CT molecular complexity index is 663. The summed E-state index contributed by atoms with van der Waals surface area (Å²) in [5.41, 5.74) is 1.97. The SMILES string of the molecule is Cc1cc2ccccc2n1CC(=O)NCCC(O)C(=O)O. The van der Waals surface area contributed by atoms with Crippen molar-refractivity contribution in [2.45, 2.75) is 26.0 Å². The monoisotopic (exact) mass is 290 g/mol. The van der Waals surface area contributed by atoms with Crippen molar-refractivity contribution in [1.82, 2.24) is 9.88 Å². The van der Waals surface area contributed by atoms with Crippen LogP contribution in [0.15, 0.2) is 30.3 Å². The van der Waals surface area contributed by atoms with Gasteiger partial charge in [0.15, 0.2) is 6.10 Å². The van der Waals surface area contributed by atoms with Crippen LogP contribution in [0.25, 0.3) is 10.9 Å². The normalized spacial score (nSPS) is 12.3. The van der Waals surface area contributed by atoms with Crippen molar-refractivity contribution in [3.05, 3.63) is 36.0 Å². The van der Waals surface area contributed by atoms with E-state index in [2.05, 4.69) is 5.32 Å². The van der Waals surface area contributed by atoms with Gasteiger partial charge < -0.3 is 20.1 Å². The second-order valence-corrected chi connectivity index (χ2v) is 4.92. The van der Waals surface area contributed by atoms with E-state index in [1.807, 2.05) is 41.8 Å². The molecule has 1 amide bonds. The fraction of sp³-hybridized carbons (Fsp3) is 0.333. The van der Waals surface area contributed by atoms with E-state index in [4.69, 9.17) is 10.2 Å². The van der Waals surface area contributed by atoms with Gasteiger partial charge in [-0.2, -0.15) is 0 Å². The number of aliphatic carboxylic acids is 1. The largest absolute Gasteiger partial charge is 0.479 e. The van der Waals surface area contributed by atoms with Crippen molar-refractivity contribution in [1.29, 1.82) is 0 Å². The molecular weight excluding hydrogens is 272 g/mol. The molecule has 21 heavy (non-hydrogen) atoms. The molecule has 1 aromatic carbocycles. The molecule has 0 radical (unpaired) electrons. The van der Waals surface area contributed by atoms with Crippen molar-refractivity contribution in [2.24, 2.45) is 0 Å². The standard InChI is InChI=1S/C15H18N2O4/c1-10-8-11-4-2-3-5-12(11)17(10)9-14(19)16-7-6-13(18)15(20)21/h2-5,8,13,18H,6-7,9H2,1H3,(H,16,19)(H,20,21). The number of carbonyl (C=O) groups is 2. The zero-order valence-electron chi connectivity index (χ0n) is 11.7. The average Bonchev–Trinajstić information content (AvgIpc) is 2.75. The van der Waals surface area contributed by atoms with E-state index in [-0.39, 0.29) is 25.4 Å². The van der Waals surface area contributed by atoms with Crippen LogP contribution >= 0.6 is 0 Å². The first-order valence-electron chi connectivity index (χ1n) is 6.71. The summed E-state index contributed by atoms with van der Waals surface area (Å²) in [5, 5.41) is 21.4. The number of para-hydroxylation sites is 1. The van der Waals surface area contributed by atoms with Gasteiger partial charge in [-0.05, 0) is 24.4 Å². The Labute approximate surface area is 122 Å². The summed E-state index contributed by atoms with van der Waals surface area (Å²) in [6.07, 6.45) is -1.45. The highest BCUT2D eigenvalue weighted by molar-refractivity contribution is 5.84. The number of hydrogen-bond donors (Lipinski definition) is 3. The predicted octanol–water partition coefficient (Wildman–Crippen LogP) is 0.902. The summed E-state index contributed by atoms with van der Waals surface area (Å²) in [6, 6.07) is 9.80. The van der Waals surface area contributed by atoms with E-state index in [1.165, 1.54) is 0 Å². The van der Waals surface area contributed by atoms with Gasteiger partial charge in [0.25, 0.3) is 0 Å². The van der Waals surface area contributed by atoms with Crippen LogP contribution in [-0.2, 0) is 16.1 Å². The van der Waals surface area contributed by atoms with E-state index < -0.39 is 12.1 Å². The van der Waals surface area contributed by atoms with Gasteiger partial charge in [0, 0.05) is 24.2 Å². The van der Waals surface area contributed by atoms with E-state index in [9.17, 15) is 9.59 Å². The number of fused-ring (bicyclic) bond motifs is 1. The van der Waals surface area contributed by atoms with Crippen LogP contribution in [0.2, 0.25) is 0 Å². The number of rotatable bonds is 6.